The molecule has 1 amide bonds. The van der Waals surface area contributed by atoms with Crippen molar-refractivity contribution in [3.63, 3.8) is 0 Å². The molecule has 48 heavy (non-hydrogen) atoms. The Morgan fingerprint density at radius 3 is 2.62 bits per heavy atom. The molecule has 0 aliphatic carbocycles. The zero-order chi connectivity index (χ0) is 34.3. The maximum absolute atomic E-state index is 13.6. The lowest BCUT2D eigenvalue weighted by Crippen LogP contribution is -2.47. The summed E-state index contributed by atoms with van der Waals surface area (Å²) in [5.74, 6) is -0.937. The standard InChI is InChI=1S/C32H36N4O10S2/c1-2-32(46-31(42)44-12-14-48-47-13-11-43-30(41)34-10-6-5-8-23(33)28(38)39)22-16-25-26-20(15-19-7-3-4-9-24(19)35-26)17-36(25)27(37)21(22)18-45-29(32)40/h3-4,7,9,15-16,23H,2,5-6,8,10-14,17-18,33H2,1H3,(H,34,41)(H,38,39). The highest BCUT2D eigenvalue weighted by Gasteiger charge is 2.51. The Kier molecular flexibility index (Phi) is 11.5. The van der Waals surface area contributed by atoms with Gasteiger partial charge in [-0.25, -0.2) is 19.4 Å². The monoisotopic (exact) mass is 700 g/mol. The van der Waals surface area contributed by atoms with Crippen LogP contribution in [0.2, 0.25) is 0 Å². The van der Waals surface area contributed by atoms with Gasteiger partial charge in [-0.3, -0.25) is 9.59 Å². The van der Waals surface area contributed by atoms with Gasteiger partial charge in [0.15, 0.2) is 0 Å². The van der Waals surface area contributed by atoms with Gasteiger partial charge in [-0.2, -0.15) is 0 Å². The van der Waals surface area contributed by atoms with E-state index < -0.39 is 35.8 Å². The fourth-order valence-electron chi connectivity index (χ4n) is 5.55. The van der Waals surface area contributed by atoms with Gasteiger partial charge in [0.2, 0.25) is 5.60 Å². The van der Waals surface area contributed by atoms with Gasteiger partial charge < -0.3 is 39.7 Å². The van der Waals surface area contributed by atoms with Crippen molar-refractivity contribution in [3.05, 3.63) is 63.4 Å². The number of rotatable bonds is 15. The molecule has 5 rings (SSSR count). The highest BCUT2D eigenvalue weighted by atomic mass is 33.1. The number of amides is 1. The van der Waals surface area contributed by atoms with Crippen LogP contribution < -0.4 is 16.6 Å². The van der Waals surface area contributed by atoms with E-state index >= 15 is 0 Å². The lowest BCUT2D eigenvalue weighted by molar-refractivity contribution is -0.175. The lowest BCUT2D eigenvalue weighted by atomic mass is 9.85. The van der Waals surface area contributed by atoms with E-state index in [0.717, 1.165) is 16.5 Å². The molecule has 2 aliphatic heterocycles. The number of aliphatic carboxylic acids is 1. The summed E-state index contributed by atoms with van der Waals surface area (Å²) >= 11 is 0. The first-order chi connectivity index (χ1) is 23.1. The van der Waals surface area contributed by atoms with Crippen molar-refractivity contribution in [2.24, 2.45) is 5.73 Å². The largest absolute Gasteiger partial charge is 0.509 e. The van der Waals surface area contributed by atoms with Gasteiger partial charge >= 0.3 is 24.2 Å². The number of alkyl carbamates (subject to hydrolysis) is 1. The maximum atomic E-state index is 13.6. The van der Waals surface area contributed by atoms with Gasteiger partial charge in [-0.1, -0.05) is 46.7 Å². The van der Waals surface area contributed by atoms with Gasteiger partial charge in [0.05, 0.1) is 29.0 Å². The number of carbonyl (C=O) groups is 4. The van der Waals surface area contributed by atoms with E-state index in [4.69, 9.17) is 34.8 Å². The molecule has 0 saturated carbocycles. The fourth-order valence-corrected chi connectivity index (χ4v) is 7.21. The molecule has 0 fully saturated rings. The van der Waals surface area contributed by atoms with Crippen molar-refractivity contribution in [2.75, 3.05) is 31.3 Å². The summed E-state index contributed by atoms with van der Waals surface area (Å²) in [4.78, 5) is 66.9. The number of pyridine rings is 2. The van der Waals surface area contributed by atoms with Crippen LogP contribution in [0.3, 0.4) is 0 Å². The molecular weight excluding hydrogens is 665 g/mol. The van der Waals surface area contributed by atoms with E-state index in [2.05, 4.69) is 5.32 Å². The molecule has 2 atom stereocenters. The Morgan fingerprint density at radius 1 is 1.12 bits per heavy atom. The average molecular weight is 701 g/mol. The normalized spacial score (nSPS) is 16.7. The number of ether oxygens (including phenoxy) is 4. The number of hydrogen-bond acceptors (Lipinski definition) is 13. The molecule has 3 aromatic rings. The second-order valence-corrected chi connectivity index (χ2v) is 13.8. The van der Waals surface area contributed by atoms with Gasteiger partial charge in [0.25, 0.3) is 5.56 Å². The first kappa shape index (κ1) is 35.0. The van der Waals surface area contributed by atoms with Crippen LogP contribution in [-0.2, 0) is 47.3 Å². The van der Waals surface area contributed by atoms with Crippen LogP contribution >= 0.6 is 21.6 Å². The van der Waals surface area contributed by atoms with Crippen LogP contribution in [0.4, 0.5) is 9.59 Å². The van der Waals surface area contributed by atoms with E-state index in [1.165, 1.54) is 21.6 Å². The van der Waals surface area contributed by atoms with Gasteiger partial charge in [0.1, 0.15) is 25.9 Å². The number of carbonyl (C=O) groups excluding carboxylic acids is 3. The highest BCUT2D eigenvalue weighted by molar-refractivity contribution is 8.76. The van der Waals surface area contributed by atoms with Crippen LogP contribution in [0.1, 0.15) is 49.3 Å². The van der Waals surface area contributed by atoms with Crippen molar-refractivity contribution in [1.29, 1.82) is 0 Å². The number of aromatic nitrogens is 2. The summed E-state index contributed by atoms with van der Waals surface area (Å²) in [6.45, 7) is 2.26. The van der Waals surface area contributed by atoms with Crippen molar-refractivity contribution in [1.82, 2.24) is 14.9 Å². The minimum atomic E-state index is -1.86. The van der Waals surface area contributed by atoms with E-state index in [0.29, 0.717) is 55.2 Å². The number of hydrogen-bond donors (Lipinski definition) is 3. The Bertz CT molecular complexity index is 1770. The third kappa shape index (κ3) is 7.71. The number of cyclic esters (lactones) is 1. The predicted octanol–water partition coefficient (Wildman–Crippen LogP) is 3.93. The molecule has 2 aromatic heterocycles. The Labute approximate surface area is 283 Å². The summed E-state index contributed by atoms with van der Waals surface area (Å²) < 4.78 is 23.0. The summed E-state index contributed by atoms with van der Waals surface area (Å²) in [6, 6.07) is 10.5. The first-order valence-electron chi connectivity index (χ1n) is 15.5. The molecule has 2 unspecified atom stereocenters. The molecule has 1 aromatic carbocycles. The SMILES string of the molecule is CCC1(OC(=O)OCCSSCCOC(=O)NCCCCC(N)C(=O)O)C(=O)OCc2c1cc1n(c2=O)Cc2cc3ccccc3nc2-1. The van der Waals surface area contributed by atoms with Crippen molar-refractivity contribution in [2.45, 2.75) is 57.4 Å². The maximum Gasteiger partial charge on any atom is 0.509 e. The number of unbranched alkanes of at least 4 members (excludes halogenated alkanes) is 1. The molecule has 14 nitrogen and oxygen atoms in total. The number of fused-ring (bicyclic) bond motifs is 5. The van der Waals surface area contributed by atoms with Crippen LogP contribution in [-0.4, -0.2) is 76.2 Å². The number of carboxylic acids is 1. The van der Waals surface area contributed by atoms with Crippen LogP contribution in [0.15, 0.2) is 41.2 Å². The third-order valence-electron chi connectivity index (χ3n) is 8.04. The fraction of sp³-hybridized carbons (Fsp3) is 0.438. The van der Waals surface area contributed by atoms with Gasteiger partial charge in [0, 0.05) is 34.6 Å². The average Bonchev–Trinajstić information content (AvgIpc) is 3.43. The van der Waals surface area contributed by atoms with Crippen molar-refractivity contribution < 1.29 is 43.2 Å². The number of para-hydroxylation sites is 1. The number of esters is 1. The van der Waals surface area contributed by atoms with Gasteiger partial charge in [-0.15, -0.1) is 0 Å². The molecule has 4 heterocycles. The highest BCUT2D eigenvalue weighted by Crippen LogP contribution is 2.41. The predicted molar refractivity (Wildman–Crippen MR) is 178 cm³/mol. The zero-order valence-corrected chi connectivity index (χ0v) is 27.9. The number of nitrogens with two attached hydrogens (primary N) is 1. The number of nitrogens with one attached hydrogen (secondary N) is 1. The lowest BCUT2D eigenvalue weighted by Gasteiger charge is -2.35. The smallest absolute Gasteiger partial charge is 0.480 e. The number of carboxylic acid groups (broad SMARTS) is 1. The Balaban J connectivity index is 1.09. The molecule has 4 N–H and O–H groups in total. The van der Waals surface area contributed by atoms with E-state index in [9.17, 15) is 24.0 Å². The second kappa shape index (κ2) is 15.7. The van der Waals surface area contributed by atoms with E-state index in [1.54, 1.807) is 17.6 Å². The minimum absolute atomic E-state index is 0.0116. The van der Waals surface area contributed by atoms with Crippen LogP contribution in [0.5, 0.6) is 0 Å². The molecule has 0 radical (unpaired) electrons. The van der Waals surface area contributed by atoms with Crippen molar-refractivity contribution >= 4 is 56.7 Å². The quantitative estimate of drug-likeness (QED) is 0.0698. The number of nitrogens with zero attached hydrogens (tertiary/aromatic N) is 2. The summed E-state index contributed by atoms with van der Waals surface area (Å²) in [6.07, 6.45) is -0.132. The second-order valence-electron chi connectivity index (χ2n) is 11.1. The summed E-state index contributed by atoms with van der Waals surface area (Å²) in [7, 11) is 2.81. The Hall–Kier alpha value is -4.28. The summed E-state index contributed by atoms with van der Waals surface area (Å²) in [5, 5.41) is 12.3. The molecular formula is C32H36N4O10S2. The van der Waals surface area contributed by atoms with Crippen molar-refractivity contribution in [3.8, 4) is 11.4 Å². The van der Waals surface area contributed by atoms with Crippen LogP contribution in [0, 0.1) is 0 Å². The molecule has 16 heteroatoms. The number of benzene rings is 1. The van der Waals surface area contributed by atoms with E-state index in [-0.39, 0.29) is 42.9 Å². The topological polar surface area (TPSA) is 198 Å². The molecule has 2 aliphatic rings. The Morgan fingerprint density at radius 2 is 1.88 bits per heavy atom. The molecule has 0 bridgehead atoms. The molecule has 256 valence electrons. The minimum Gasteiger partial charge on any atom is -0.480 e. The van der Waals surface area contributed by atoms with Gasteiger partial charge in [-0.05, 0) is 43.9 Å². The molecule has 0 saturated heterocycles. The zero-order valence-electron chi connectivity index (χ0n) is 26.2. The van der Waals surface area contributed by atoms with Crippen LogP contribution in [0.25, 0.3) is 22.3 Å². The van der Waals surface area contributed by atoms with E-state index in [1.807, 2.05) is 30.3 Å². The third-order valence-corrected chi connectivity index (χ3v) is 10.4. The molecule has 0 spiro atoms. The first-order valence-corrected chi connectivity index (χ1v) is 18.0. The summed E-state index contributed by atoms with van der Waals surface area (Å²) in [5.41, 5.74) is 6.58.